The van der Waals surface area contributed by atoms with E-state index in [2.05, 4.69) is 15.9 Å². The predicted molar refractivity (Wildman–Crippen MR) is 71.5 cm³/mol. The third kappa shape index (κ3) is 3.24. The highest BCUT2D eigenvalue weighted by Crippen LogP contribution is 2.35. The van der Waals surface area contributed by atoms with Gasteiger partial charge >= 0.3 is 12.1 Å². The second-order valence-electron chi connectivity index (χ2n) is 4.19. The number of carboxylic acid groups (broad SMARTS) is 1. The zero-order chi connectivity index (χ0) is 15.8. The fourth-order valence-electron chi connectivity index (χ4n) is 1.86. The molecule has 0 unspecified atom stereocenters. The summed E-state index contributed by atoms with van der Waals surface area (Å²) in [5.74, 6) is -2.69. The number of hydrogen-bond acceptors (Lipinski definition) is 1. The fourth-order valence-corrected chi connectivity index (χ4v) is 2.22. The van der Waals surface area contributed by atoms with Crippen LogP contribution in [0, 0.1) is 5.82 Å². The van der Waals surface area contributed by atoms with Crippen molar-refractivity contribution in [1.29, 1.82) is 0 Å². The van der Waals surface area contributed by atoms with Crippen LogP contribution < -0.4 is 0 Å². The Labute approximate surface area is 125 Å². The van der Waals surface area contributed by atoms with Crippen LogP contribution in [0.15, 0.2) is 40.9 Å². The molecule has 0 saturated heterocycles. The van der Waals surface area contributed by atoms with Gasteiger partial charge in [-0.3, -0.25) is 0 Å². The fraction of sp³-hybridized carbons (Fsp3) is 0.0714. The average Bonchev–Trinajstić information content (AvgIpc) is 2.38. The first-order valence-corrected chi connectivity index (χ1v) is 6.39. The van der Waals surface area contributed by atoms with Crippen LogP contribution in [0.1, 0.15) is 15.9 Å². The van der Waals surface area contributed by atoms with Gasteiger partial charge in [0.15, 0.2) is 0 Å². The minimum atomic E-state index is -4.85. The van der Waals surface area contributed by atoms with Gasteiger partial charge in [-0.25, -0.2) is 9.18 Å². The van der Waals surface area contributed by atoms with Crippen molar-refractivity contribution in [3.63, 3.8) is 0 Å². The maximum atomic E-state index is 13.3. The summed E-state index contributed by atoms with van der Waals surface area (Å²) in [7, 11) is 0. The standard InChI is InChI=1S/C14H7BrF4O2/c15-8-2-3-9(10(6-8)13(20)21)7-1-4-12(16)11(5-7)14(17,18)19/h1-6H,(H,20,21). The molecule has 0 amide bonds. The van der Waals surface area contributed by atoms with Crippen molar-refractivity contribution >= 4 is 21.9 Å². The number of halogens is 5. The first-order chi connectivity index (χ1) is 9.70. The summed E-state index contributed by atoms with van der Waals surface area (Å²) in [4.78, 5) is 11.2. The SMILES string of the molecule is O=C(O)c1cc(Br)ccc1-c1ccc(F)c(C(F)(F)F)c1. The largest absolute Gasteiger partial charge is 0.478 e. The Balaban J connectivity index is 2.66. The lowest BCUT2D eigenvalue weighted by atomic mass is 9.98. The van der Waals surface area contributed by atoms with Crippen molar-refractivity contribution in [1.82, 2.24) is 0 Å². The molecule has 0 bridgehead atoms. The van der Waals surface area contributed by atoms with Crippen molar-refractivity contribution in [2.24, 2.45) is 0 Å². The van der Waals surface area contributed by atoms with Gasteiger partial charge in [-0.2, -0.15) is 13.2 Å². The van der Waals surface area contributed by atoms with E-state index in [9.17, 15) is 22.4 Å². The van der Waals surface area contributed by atoms with E-state index in [1.165, 1.54) is 18.2 Å². The van der Waals surface area contributed by atoms with Crippen molar-refractivity contribution in [2.45, 2.75) is 6.18 Å². The Morgan fingerprint density at radius 2 is 1.76 bits per heavy atom. The quantitative estimate of drug-likeness (QED) is 0.765. The van der Waals surface area contributed by atoms with Crippen LogP contribution in [0.4, 0.5) is 17.6 Å². The highest BCUT2D eigenvalue weighted by Gasteiger charge is 2.34. The topological polar surface area (TPSA) is 37.3 Å². The molecule has 2 aromatic carbocycles. The minimum Gasteiger partial charge on any atom is -0.478 e. The van der Waals surface area contributed by atoms with E-state index < -0.39 is 23.5 Å². The predicted octanol–water partition coefficient (Wildman–Crippen LogP) is 4.97. The molecule has 7 heteroatoms. The molecule has 21 heavy (non-hydrogen) atoms. The van der Waals surface area contributed by atoms with Gasteiger partial charge in [0.2, 0.25) is 0 Å². The first kappa shape index (κ1) is 15.5. The Bertz CT molecular complexity index is 711. The molecule has 0 atom stereocenters. The molecule has 0 fully saturated rings. The minimum absolute atomic E-state index is 0.0198. The Morgan fingerprint density at radius 1 is 1.10 bits per heavy atom. The Kier molecular flexibility index (Phi) is 4.04. The van der Waals surface area contributed by atoms with Gasteiger partial charge in [0.05, 0.1) is 11.1 Å². The van der Waals surface area contributed by atoms with Gasteiger partial charge < -0.3 is 5.11 Å². The summed E-state index contributed by atoms with van der Waals surface area (Å²) in [6.07, 6.45) is -4.85. The molecule has 0 radical (unpaired) electrons. The Morgan fingerprint density at radius 3 is 2.33 bits per heavy atom. The van der Waals surface area contributed by atoms with Crippen molar-refractivity contribution in [2.75, 3.05) is 0 Å². The summed E-state index contributed by atoms with van der Waals surface area (Å²) < 4.78 is 51.8. The molecule has 0 heterocycles. The van der Waals surface area contributed by atoms with Crippen LogP contribution in [0.3, 0.4) is 0 Å². The summed E-state index contributed by atoms with van der Waals surface area (Å²) in [5, 5.41) is 9.12. The number of rotatable bonds is 2. The second kappa shape index (κ2) is 5.48. The molecule has 2 aromatic rings. The van der Waals surface area contributed by atoms with Gasteiger partial charge in [0.1, 0.15) is 5.82 Å². The van der Waals surface area contributed by atoms with Crippen LogP contribution in [-0.2, 0) is 6.18 Å². The lowest BCUT2D eigenvalue weighted by molar-refractivity contribution is -0.139. The van der Waals surface area contributed by atoms with Crippen LogP contribution in [-0.4, -0.2) is 11.1 Å². The van der Waals surface area contributed by atoms with Gasteiger partial charge in [0, 0.05) is 4.47 Å². The molecule has 110 valence electrons. The molecular weight excluding hydrogens is 356 g/mol. The zero-order valence-corrected chi connectivity index (χ0v) is 11.8. The third-order valence-electron chi connectivity index (χ3n) is 2.79. The number of carboxylic acids is 1. The summed E-state index contributed by atoms with van der Waals surface area (Å²) in [5.41, 5.74) is -1.55. The van der Waals surface area contributed by atoms with Gasteiger partial charge in [-0.15, -0.1) is 0 Å². The Hall–Kier alpha value is -1.89. The van der Waals surface area contributed by atoms with E-state index >= 15 is 0 Å². The lowest BCUT2D eigenvalue weighted by Gasteiger charge is -2.12. The van der Waals surface area contributed by atoms with Crippen molar-refractivity contribution in [3.8, 4) is 11.1 Å². The average molecular weight is 363 g/mol. The molecule has 2 nitrogen and oxygen atoms in total. The van der Waals surface area contributed by atoms with Crippen LogP contribution in [0.25, 0.3) is 11.1 Å². The van der Waals surface area contributed by atoms with Gasteiger partial charge in [-0.05, 0) is 35.4 Å². The van der Waals surface area contributed by atoms with Crippen molar-refractivity contribution < 1.29 is 27.5 Å². The molecule has 0 aliphatic rings. The summed E-state index contributed by atoms with van der Waals surface area (Å²) in [6.45, 7) is 0. The highest BCUT2D eigenvalue weighted by molar-refractivity contribution is 9.10. The smallest absolute Gasteiger partial charge is 0.419 e. The van der Waals surface area contributed by atoms with E-state index in [0.717, 1.165) is 6.07 Å². The molecule has 0 saturated carbocycles. The second-order valence-corrected chi connectivity index (χ2v) is 5.10. The highest BCUT2D eigenvalue weighted by atomic mass is 79.9. The number of hydrogen-bond donors (Lipinski definition) is 1. The normalized spacial score (nSPS) is 11.5. The maximum Gasteiger partial charge on any atom is 0.419 e. The lowest BCUT2D eigenvalue weighted by Crippen LogP contribution is -2.08. The number of benzene rings is 2. The molecule has 0 aromatic heterocycles. The first-order valence-electron chi connectivity index (χ1n) is 5.60. The molecule has 0 spiro atoms. The molecular formula is C14H7BrF4O2. The van der Waals surface area contributed by atoms with E-state index in [1.54, 1.807) is 0 Å². The monoisotopic (exact) mass is 362 g/mol. The van der Waals surface area contributed by atoms with E-state index in [1.807, 2.05) is 0 Å². The van der Waals surface area contributed by atoms with E-state index in [4.69, 9.17) is 5.11 Å². The van der Waals surface area contributed by atoms with E-state index in [-0.39, 0.29) is 16.7 Å². The van der Waals surface area contributed by atoms with Gasteiger partial charge in [-0.1, -0.05) is 28.1 Å². The van der Waals surface area contributed by atoms with E-state index in [0.29, 0.717) is 16.6 Å². The summed E-state index contributed by atoms with van der Waals surface area (Å²) in [6, 6.07) is 6.52. The molecule has 2 rings (SSSR count). The van der Waals surface area contributed by atoms with Crippen LogP contribution >= 0.6 is 15.9 Å². The number of carbonyl (C=O) groups is 1. The van der Waals surface area contributed by atoms with Gasteiger partial charge in [0.25, 0.3) is 0 Å². The molecule has 0 aliphatic heterocycles. The van der Waals surface area contributed by atoms with Crippen molar-refractivity contribution in [3.05, 3.63) is 57.8 Å². The summed E-state index contributed by atoms with van der Waals surface area (Å²) >= 11 is 3.09. The molecule has 0 aliphatic carbocycles. The third-order valence-corrected chi connectivity index (χ3v) is 3.29. The number of alkyl halides is 3. The maximum absolute atomic E-state index is 13.3. The molecule has 1 N–H and O–H groups in total. The zero-order valence-electron chi connectivity index (χ0n) is 10.2. The number of aromatic carboxylic acids is 1. The van der Waals surface area contributed by atoms with Crippen LogP contribution in [0.5, 0.6) is 0 Å². The van der Waals surface area contributed by atoms with Crippen LogP contribution in [0.2, 0.25) is 0 Å².